The summed E-state index contributed by atoms with van der Waals surface area (Å²) in [5.74, 6) is -0.410. The molecule has 7 heteroatoms. The van der Waals surface area contributed by atoms with Crippen LogP contribution >= 0.6 is 28.3 Å². The molecule has 0 bridgehead atoms. The van der Waals surface area contributed by atoms with Crippen LogP contribution in [0.4, 0.5) is 5.13 Å². The van der Waals surface area contributed by atoms with E-state index in [-0.39, 0.29) is 28.8 Å². The number of nitrogens with two attached hydrogens (primary N) is 1. The first-order chi connectivity index (χ1) is 9.66. The fraction of sp³-hybridized carbons (Fsp3) is 0.214. The van der Waals surface area contributed by atoms with Gasteiger partial charge in [-0.1, -0.05) is 12.1 Å². The van der Waals surface area contributed by atoms with Gasteiger partial charge in [0.05, 0.1) is 16.8 Å². The maximum atomic E-state index is 12.1. The number of aryl methyl sites for hydroxylation is 1. The highest BCUT2D eigenvalue weighted by Crippen LogP contribution is 2.22. The Hall–Kier alpha value is -1.73. The molecule has 0 aliphatic carbocycles. The lowest BCUT2D eigenvalue weighted by molar-refractivity contribution is 0.0652. The van der Waals surface area contributed by atoms with Crippen molar-refractivity contribution in [3.8, 4) is 0 Å². The largest absolute Gasteiger partial charge is 0.375 e. The molecule has 0 fully saturated rings. The number of aromatic nitrogens is 1. The molecule has 0 atom stereocenters. The van der Waals surface area contributed by atoms with Crippen LogP contribution in [0.1, 0.15) is 32.8 Å². The molecule has 3 rings (SSSR count). The molecule has 2 aromatic rings. The second-order valence-corrected chi connectivity index (χ2v) is 5.48. The first kappa shape index (κ1) is 15.7. The summed E-state index contributed by atoms with van der Waals surface area (Å²) in [5.41, 5.74) is 7.46. The summed E-state index contributed by atoms with van der Waals surface area (Å²) < 4.78 is 0. The Morgan fingerprint density at radius 1 is 1.14 bits per heavy atom. The minimum absolute atomic E-state index is 0. The van der Waals surface area contributed by atoms with Gasteiger partial charge in [-0.05, 0) is 25.0 Å². The number of carbonyl (C=O) groups is 2. The number of amides is 2. The lowest BCUT2D eigenvalue weighted by Gasteiger charge is -2.12. The first-order valence-electron chi connectivity index (χ1n) is 6.32. The predicted molar refractivity (Wildman–Crippen MR) is 87.0 cm³/mol. The minimum atomic E-state index is -0.205. The van der Waals surface area contributed by atoms with Crippen molar-refractivity contribution in [2.45, 2.75) is 12.8 Å². The molecule has 1 aliphatic heterocycles. The molecule has 2 N–H and O–H groups in total. The van der Waals surface area contributed by atoms with E-state index in [4.69, 9.17) is 5.73 Å². The maximum absolute atomic E-state index is 12.1. The SMILES string of the molecule is Br.Nc1nc(CCCN2C(=O)c3ccccc3C2=O)cs1. The van der Waals surface area contributed by atoms with Crippen molar-refractivity contribution in [3.63, 3.8) is 0 Å². The monoisotopic (exact) mass is 367 g/mol. The second kappa shape index (κ2) is 6.36. The number of carbonyl (C=O) groups excluding carboxylic acids is 2. The number of nitrogen functional groups attached to an aromatic ring is 1. The molecule has 0 saturated heterocycles. The minimum Gasteiger partial charge on any atom is -0.375 e. The van der Waals surface area contributed by atoms with Gasteiger partial charge in [-0.25, -0.2) is 4.98 Å². The fourth-order valence-electron chi connectivity index (χ4n) is 2.30. The van der Waals surface area contributed by atoms with E-state index in [0.29, 0.717) is 35.6 Å². The van der Waals surface area contributed by atoms with E-state index in [1.165, 1.54) is 16.2 Å². The fourth-order valence-corrected chi connectivity index (χ4v) is 2.90. The van der Waals surface area contributed by atoms with Gasteiger partial charge in [0, 0.05) is 11.9 Å². The Balaban J connectivity index is 0.00000161. The van der Waals surface area contributed by atoms with Gasteiger partial charge in [0.15, 0.2) is 5.13 Å². The lowest BCUT2D eigenvalue weighted by atomic mass is 10.1. The summed E-state index contributed by atoms with van der Waals surface area (Å²) >= 11 is 1.40. The highest BCUT2D eigenvalue weighted by molar-refractivity contribution is 8.93. The number of rotatable bonds is 4. The van der Waals surface area contributed by atoms with E-state index in [9.17, 15) is 9.59 Å². The average Bonchev–Trinajstić information content (AvgIpc) is 2.97. The van der Waals surface area contributed by atoms with Crippen LogP contribution in [0.25, 0.3) is 0 Å². The molecule has 0 spiro atoms. The van der Waals surface area contributed by atoms with Crippen molar-refractivity contribution < 1.29 is 9.59 Å². The van der Waals surface area contributed by atoms with Crippen LogP contribution in [-0.2, 0) is 6.42 Å². The number of fused-ring (bicyclic) bond motifs is 1. The molecule has 1 aliphatic rings. The van der Waals surface area contributed by atoms with E-state index in [0.717, 1.165) is 5.69 Å². The summed E-state index contributed by atoms with van der Waals surface area (Å²) in [7, 11) is 0. The summed E-state index contributed by atoms with van der Waals surface area (Å²) in [6, 6.07) is 6.92. The highest BCUT2D eigenvalue weighted by Gasteiger charge is 2.34. The molecule has 0 radical (unpaired) electrons. The Morgan fingerprint density at radius 3 is 2.29 bits per heavy atom. The van der Waals surface area contributed by atoms with Gasteiger partial charge in [0.2, 0.25) is 0 Å². The second-order valence-electron chi connectivity index (χ2n) is 4.59. The highest BCUT2D eigenvalue weighted by atomic mass is 79.9. The molecule has 2 heterocycles. The quantitative estimate of drug-likeness (QED) is 0.842. The Morgan fingerprint density at radius 2 is 1.76 bits per heavy atom. The van der Waals surface area contributed by atoms with Crippen molar-refractivity contribution in [2.75, 3.05) is 12.3 Å². The maximum Gasteiger partial charge on any atom is 0.261 e. The summed E-state index contributed by atoms with van der Waals surface area (Å²) in [4.78, 5) is 29.7. The van der Waals surface area contributed by atoms with Crippen molar-refractivity contribution in [1.82, 2.24) is 9.88 Å². The topological polar surface area (TPSA) is 76.3 Å². The van der Waals surface area contributed by atoms with Gasteiger partial charge in [-0.15, -0.1) is 28.3 Å². The standard InChI is InChI=1S/C14H13N3O2S.BrH/c15-14-16-9(8-20-14)4-3-7-17-12(18)10-5-1-2-6-11(10)13(17)19;/h1-2,5-6,8H,3-4,7H2,(H2,15,16);1H. The molecule has 110 valence electrons. The average molecular weight is 368 g/mol. The number of imide groups is 1. The number of halogens is 1. The Kier molecular flexibility index (Phi) is 4.74. The van der Waals surface area contributed by atoms with Gasteiger partial charge in [-0.2, -0.15) is 0 Å². The zero-order chi connectivity index (χ0) is 14.1. The first-order valence-corrected chi connectivity index (χ1v) is 7.20. The number of nitrogens with zero attached hydrogens (tertiary/aromatic N) is 2. The normalized spacial score (nSPS) is 13.2. The summed E-state index contributed by atoms with van der Waals surface area (Å²) in [6.45, 7) is 0.407. The van der Waals surface area contributed by atoms with Crippen molar-refractivity contribution in [1.29, 1.82) is 0 Å². The van der Waals surface area contributed by atoms with Crippen LogP contribution in [-0.4, -0.2) is 28.2 Å². The predicted octanol–water partition coefficient (Wildman–Crippen LogP) is 2.53. The number of benzene rings is 1. The van der Waals surface area contributed by atoms with Crippen molar-refractivity contribution in [2.24, 2.45) is 0 Å². The number of anilines is 1. The van der Waals surface area contributed by atoms with Crippen LogP contribution < -0.4 is 5.73 Å². The number of hydrogen-bond donors (Lipinski definition) is 1. The van der Waals surface area contributed by atoms with Crippen LogP contribution in [0.2, 0.25) is 0 Å². The third kappa shape index (κ3) is 2.98. The molecule has 0 saturated carbocycles. The van der Waals surface area contributed by atoms with Crippen LogP contribution in [0.5, 0.6) is 0 Å². The summed E-state index contributed by atoms with van der Waals surface area (Å²) in [5, 5.41) is 2.44. The molecular weight excluding hydrogens is 354 g/mol. The van der Waals surface area contributed by atoms with Crippen molar-refractivity contribution >= 4 is 45.3 Å². The van der Waals surface area contributed by atoms with Crippen LogP contribution in [0, 0.1) is 0 Å². The molecule has 0 unspecified atom stereocenters. The van der Waals surface area contributed by atoms with Crippen molar-refractivity contribution in [3.05, 3.63) is 46.5 Å². The van der Waals surface area contributed by atoms with Crippen LogP contribution in [0.3, 0.4) is 0 Å². The molecule has 1 aromatic heterocycles. The van der Waals surface area contributed by atoms with Gasteiger partial charge in [0.25, 0.3) is 11.8 Å². The molecule has 1 aromatic carbocycles. The smallest absolute Gasteiger partial charge is 0.261 e. The van der Waals surface area contributed by atoms with E-state index >= 15 is 0 Å². The molecule has 5 nitrogen and oxygen atoms in total. The third-order valence-electron chi connectivity index (χ3n) is 3.26. The molecular formula is C14H14BrN3O2S. The summed E-state index contributed by atoms with van der Waals surface area (Å²) in [6.07, 6.45) is 1.40. The molecule has 2 amide bonds. The van der Waals surface area contributed by atoms with E-state index < -0.39 is 0 Å². The van der Waals surface area contributed by atoms with Gasteiger partial charge < -0.3 is 5.73 Å². The number of thiazole rings is 1. The Bertz CT molecular complexity index is 651. The van der Waals surface area contributed by atoms with Gasteiger partial charge >= 0.3 is 0 Å². The van der Waals surface area contributed by atoms with E-state index in [1.807, 2.05) is 5.38 Å². The van der Waals surface area contributed by atoms with Gasteiger partial charge in [0.1, 0.15) is 0 Å². The number of hydrogen-bond acceptors (Lipinski definition) is 5. The Labute approximate surface area is 136 Å². The van der Waals surface area contributed by atoms with E-state index in [2.05, 4.69) is 4.98 Å². The molecule has 21 heavy (non-hydrogen) atoms. The van der Waals surface area contributed by atoms with Crippen LogP contribution in [0.15, 0.2) is 29.6 Å². The zero-order valence-electron chi connectivity index (χ0n) is 11.1. The lowest BCUT2D eigenvalue weighted by Crippen LogP contribution is -2.30. The third-order valence-corrected chi connectivity index (χ3v) is 3.99. The van der Waals surface area contributed by atoms with Gasteiger partial charge in [-0.3, -0.25) is 14.5 Å². The van der Waals surface area contributed by atoms with E-state index in [1.54, 1.807) is 24.3 Å². The zero-order valence-corrected chi connectivity index (χ0v) is 13.6.